The number of aliphatic imine (C=N–C) groups is 1. The molecule has 2 aromatic rings. The summed E-state index contributed by atoms with van der Waals surface area (Å²) in [5.41, 5.74) is 5.20. The van der Waals surface area contributed by atoms with Crippen molar-refractivity contribution in [1.82, 2.24) is 0 Å². The Labute approximate surface area is 106 Å². The van der Waals surface area contributed by atoms with Crippen LogP contribution in [0.4, 0.5) is 28.9 Å². The first-order valence-corrected chi connectivity index (χ1v) is 5.22. The smallest absolute Gasteiger partial charge is 0.170 e. The average Bonchev–Trinajstić information content (AvgIpc) is 2.38. The lowest BCUT2D eigenvalue weighted by Crippen LogP contribution is -2.01. The number of hydrogen-bond donors (Lipinski definition) is 1. The minimum absolute atomic E-state index is 0.138. The van der Waals surface area contributed by atoms with Gasteiger partial charge in [0.2, 0.25) is 0 Å². The molecule has 0 saturated heterocycles. The van der Waals surface area contributed by atoms with Gasteiger partial charge in [0.05, 0.1) is 16.9 Å². The van der Waals surface area contributed by atoms with Gasteiger partial charge in [0.25, 0.3) is 0 Å². The zero-order valence-corrected chi connectivity index (χ0v) is 9.50. The quantitative estimate of drug-likeness (QED) is 0.384. The van der Waals surface area contributed by atoms with Crippen LogP contribution in [0.2, 0.25) is 0 Å². The van der Waals surface area contributed by atoms with Crippen molar-refractivity contribution >= 4 is 17.6 Å². The Morgan fingerprint density at radius 1 is 0.947 bits per heavy atom. The second-order valence-electron chi connectivity index (χ2n) is 3.70. The van der Waals surface area contributed by atoms with E-state index in [2.05, 4.69) is 4.99 Å². The van der Waals surface area contributed by atoms with E-state index in [9.17, 15) is 17.6 Å². The summed E-state index contributed by atoms with van der Waals surface area (Å²) >= 11 is 0. The predicted octanol–water partition coefficient (Wildman–Crippen LogP) is 3.58. The van der Waals surface area contributed by atoms with Crippen LogP contribution in [0.15, 0.2) is 35.3 Å². The van der Waals surface area contributed by atoms with E-state index in [-0.39, 0.29) is 17.4 Å². The summed E-state index contributed by atoms with van der Waals surface area (Å²) in [6.07, 6.45) is 0.697. The maximum Gasteiger partial charge on any atom is 0.170 e. The first kappa shape index (κ1) is 13.1. The zero-order chi connectivity index (χ0) is 14.0. The minimum Gasteiger partial charge on any atom is -0.397 e. The number of nitrogens with two attached hydrogens (primary N) is 1. The van der Waals surface area contributed by atoms with Gasteiger partial charge in [-0.15, -0.1) is 0 Å². The van der Waals surface area contributed by atoms with Crippen LogP contribution in [0.3, 0.4) is 0 Å². The van der Waals surface area contributed by atoms with E-state index in [0.29, 0.717) is 6.21 Å². The van der Waals surface area contributed by atoms with Crippen LogP contribution in [0.25, 0.3) is 0 Å². The molecule has 0 atom stereocenters. The van der Waals surface area contributed by atoms with Crippen LogP contribution in [-0.2, 0) is 0 Å². The minimum atomic E-state index is -1.50. The fraction of sp³-hybridized carbons (Fsp3) is 0. The van der Waals surface area contributed by atoms with Crippen LogP contribution in [0.1, 0.15) is 5.56 Å². The van der Waals surface area contributed by atoms with Gasteiger partial charge < -0.3 is 5.73 Å². The molecule has 2 N–H and O–H groups in total. The first-order chi connectivity index (χ1) is 9.00. The molecule has 0 bridgehead atoms. The predicted molar refractivity (Wildman–Crippen MR) is 64.4 cm³/mol. The lowest BCUT2D eigenvalue weighted by Gasteiger charge is -2.02. The van der Waals surface area contributed by atoms with Crippen molar-refractivity contribution in [3.05, 3.63) is 59.2 Å². The van der Waals surface area contributed by atoms with Gasteiger partial charge in [-0.25, -0.2) is 17.6 Å². The molecular formula is C13H8F4N2. The Hall–Kier alpha value is -2.37. The summed E-state index contributed by atoms with van der Waals surface area (Å²) in [7, 11) is 0. The molecule has 0 spiro atoms. The van der Waals surface area contributed by atoms with Crippen molar-refractivity contribution in [2.24, 2.45) is 4.99 Å². The molecule has 98 valence electrons. The summed E-state index contributed by atoms with van der Waals surface area (Å²) < 4.78 is 52.6. The molecule has 2 nitrogen and oxygen atoms in total. The van der Waals surface area contributed by atoms with E-state index < -0.39 is 28.8 Å². The van der Waals surface area contributed by atoms with Gasteiger partial charge in [0, 0.05) is 12.3 Å². The number of nitrogens with zero attached hydrogens (tertiary/aromatic N) is 1. The molecule has 2 rings (SSSR count). The monoisotopic (exact) mass is 268 g/mol. The highest BCUT2D eigenvalue weighted by Gasteiger charge is 2.17. The van der Waals surface area contributed by atoms with Gasteiger partial charge in [-0.05, 0) is 12.1 Å². The largest absolute Gasteiger partial charge is 0.397 e. The van der Waals surface area contributed by atoms with E-state index in [1.54, 1.807) is 12.1 Å². The lowest BCUT2D eigenvalue weighted by atomic mass is 10.2. The van der Waals surface area contributed by atoms with Gasteiger partial charge in [-0.2, -0.15) is 0 Å². The fourth-order valence-corrected chi connectivity index (χ4v) is 1.44. The Balaban J connectivity index is 2.47. The number of para-hydroxylation sites is 2. The van der Waals surface area contributed by atoms with Gasteiger partial charge in [-0.3, -0.25) is 4.99 Å². The molecular weight excluding hydrogens is 260 g/mol. The summed E-state index contributed by atoms with van der Waals surface area (Å²) in [5.74, 6) is -5.97. The second-order valence-corrected chi connectivity index (χ2v) is 3.70. The van der Waals surface area contributed by atoms with Crippen LogP contribution >= 0.6 is 0 Å². The third kappa shape index (κ3) is 2.57. The Kier molecular flexibility index (Phi) is 3.50. The van der Waals surface area contributed by atoms with Gasteiger partial charge in [-0.1, -0.05) is 12.1 Å². The van der Waals surface area contributed by atoms with E-state index in [0.717, 1.165) is 0 Å². The molecule has 0 unspecified atom stereocenters. The van der Waals surface area contributed by atoms with Crippen LogP contribution < -0.4 is 5.73 Å². The third-order valence-electron chi connectivity index (χ3n) is 2.42. The molecule has 0 aliphatic heterocycles. The maximum atomic E-state index is 13.3. The summed E-state index contributed by atoms with van der Waals surface area (Å²) in [4.78, 5) is 3.72. The summed E-state index contributed by atoms with van der Waals surface area (Å²) in [5, 5.41) is 0. The average molecular weight is 268 g/mol. The van der Waals surface area contributed by atoms with Crippen molar-refractivity contribution < 1.29 is 17.6 Å². The van der Waals surface area contributed by atoms with Crippen LogP contribution in [0.5, 0.6) is 0 Å². The van der Waals surface area contributed by atoms with E-state index in [1.165, 1.54) is 12.1 Å². The van der Waals surface area contributed by atoms with Gasteiger partial charge in [0.15, 0.2) is 23.3 Å². The molecule has 0 aromatic heterocycles. The highest BCUT2D eigenvalue weighted by molar-refractivity contribution is 5.84. The number of halogens is 4. The topological polar surface area (TPSA) is 38.4 Å². The molecule has 0 amide bonds. The first-order valence-electron chi connectivity index (χ1n) is 5.22. The fourth-order valence-electron chi connectivity index (χ4n) is 1.44. The summed E-state index contributed by atoms with van der Waals surface area (Å²) in [6, 6.07) is 6.43. The van der Waals surface area contributed by atoms with Crippen molar-refractivity contribution in [2.75, 3.05) is 5.73 Å². The van der Waals surface area contributed by atoms with Crippen molar-refractivity contribution in [2.45, 2.75) is 0 Å². The summed E-state index contributed by atoms with van der Waals surface area (Å²) in [6.45, 7) is 0. The van der Waals surface area contributed by atoms with Crippen LogP contribution in [-0.4, -0.2) is 6.21 Å². The zero-order valence-electron chi connectivity index (χ0n) is 9.50. The lowest BCUT2D eigenvalue weighted by molar-refractivity contribution is 0.452. The van der Waals surface area contributed by atoms with Gasteiger partial charge >= 0.3 is 0 Å². The van der Waals surface area contributed by atoms with E-state index in [1.807, 2.05) is 0 Å². The van der Waals surface area contributed by atoms with Crippen molar-refractivity contribution in [1.29, 1.82) is 0 Å². The molecule has 0 aliphatic carbocycles. The number of rotatable bonds is 2. The SMILES string of the molecule is Nc1ccccc1N=Cc1c(F)c(F)cc(F)c1F. The molecule has 0 heterocycles. The molecule has 19 heavy (non-hydrogen) atoms. The Morgan fingerprint density at radius 3 is 2.11 bits per heavy atom. The Bertz CT molecular complexity index is 627. The number of anilines is 1. The second kappa shape index (κ2) is 5.09. The molecule has 2 aromatic carbocycles. The standard InChI is InChI=1S/C13H8F4N2/c14-8-5-9(15)13(17)7(12(8)16)6-19-11-4-2-1-3-10(11)18/h1-6H,18H2. The highest BCUT2D eigenvalue weighted by Crippen LogP contribution is 2.22. The van der Waals surface area contributed by atoms with Gasteiger partial charge in [0.1, 0.15) is 0 Å². The van der Waals surface area contributed by atoms with Crippen molar-refractivity contribution in [3.8, 4) is 0 Å². The maximum absolute atomic E-state index is 13.3. The number of hydrogen-bond acceptors (Lipinski definition) is 2. The van der Waals surface area contributed by atoms with E-state index >= 15 is 0 Å². The molecule has 6 heteroatoms. The van der Waals surface area contributed by atoms with Crippen LogP contribution in [0, 0.1) is 23.3 Å². The highest BCUT2D eigenvalue weighted by atomic mass is 19.2. The molecule has 0 saturated carbocycles. The molecule has 0 radical (unpaired) electrons. The van der Waals surface area contributed by atoms with Crippen molar-refractivity contribution in [3.63, 3.8) is 0 Å². The molecule has 0 fully saturated rings. The molecule has 0 aliphatic rings. The third-order valence-corrected chi connectivity index (χ3v) is 2.42. The number of nitrogen functional groups attached to an aromatic ring is 1. The Morgan fingerprint density at radius 2 is 1.53 bits per heavy atom. The normalized spacial score (nSPS) is 11.2. The number of benzene rings is 2. The van der Waals surface area contributed by atoms with E-state index in [4.69, 9.17) is 5.73 Å².